The third-order valence-electron chi connectivity index (χ3n) is 3.21. The van der Waals surface area contributed by atoms with E-state index in [2.05, 4.69) is 6.92 Å². The Morgan fingerprint density at radius 3 is 2.36 bits per heavy atom. The molecular weight excluding hydrogens is 326 g/mol. The van der Waals surface area contributed by atoms with Crippen LogP contribution in [0.25, 0.3) is 0 Å². The van der Waals surface area contributed by atoms with Gasteiger partial charge in [0, 0.05) is 18.2 Å². The van der Waals surface area contributed by atoms with E-state index in [1.807, 2.05) is 6.07 Å². The summed E-state index contributed by atoms with van der Waals surface area (Å²) in [5, 5.41) is 10.6. The van der Waals surface area contributed by atoms with Crippen LogP contribution in [0.4, 0.5) is 5.69 Å². The van der Waals surface area contributed by atoms with Crippen molar-refractivity contribution in [3.63, 3.8) is 0 Å². The van der Waals surface area contributed by atoms with Gasteiger partial charge in [-0.2, -0.15) is 0 Å². The summed E-state index contributed by atoms with van der Waals surface area (Å²) < 4.78 is 16.0. The summed E-state index contributed by atoms with van der Waals surface area (Å²) in [5.74, 6) is 0.784. The topological polar surface area (TPSA) is 87.9 Å². The molecule has 0 amide bonds. The van der Waals surface area contributed by atoms with Crippen molar-refractivity contribution in [2.24, 2.45) is 0 Å². The van der Waals surface area contributed by atoms with Gasteiger partial charge in [0.05, 0.1) is 11.5 Å². The van der Waals surface area contributed by atoms with Crippen molar-refractivity contribution >= 4 is 11.7 Å². The number of benzene rings is 2. The first-order chi connectivity index (χ1) is 12.1. The number of hydrogen-bond donors (Lipinski definition) is 0. The molecule has 0 bridgehead atoms. The molecule has 0 aliphatic rings. The lowest BCUT2D eigenvalue weighted by atomic mass is 10.3. The number of nitro benzene ring substituents is 1. The Morgan fingerprint density at radius 1 is 1.04 bits per heavy atom. The monoisotopic (exact) mass is 345 g/mol. The molecular formula is C18H19NO6. The van der Waals surface area contributed by atoms with Crippen LogP contribution in [-0.4, -0.2) is 24.1 Å². The number of hydrogen-bond acceptors (Lipinski definition) is 6. The second-order valence-corrected chi connectivity index (χ2v) is 5.19. The van der Waals surface area contributed by atoms with Crippen LogP contribution in [0.2, 0.25) is 0 Å². The Balaban J connectivity index is 1.83. The molecule has 0 N–H and O–H groups in total. The van der Waals surface area contributed by atoms with E-state index in [1.54, 1.807) is 18.2 Å². The van der Waals surface area contributed by atoms with Gasteiger partial charge in [-0.05, 0) is 30.7 Å². The van der Waals surface area contributed by atoms with Gasteiger partial charge in [0.25, 0.3) is 5.69 Å². The molecule has 2 aromatic rings. The van der Waals surface area contributed by atoms with Gasteiger partial charge in [-0.1, -0.05) is 19.4 Å². The van der Waals surface area contributed by atoms with Gasteiger partial charge in [0.1, 0.15) is 17.2 Å². The fourth-order valence-electron chi connectivity index (χ4n) is 1.93. The number of carbonyl (C=O) groups excluding carboxylic acids is 1. The number of esters is 1. The Hall–Kier alpha value is -3.09. The van der Waals surface area contributed by atoms with E-state index in [4.69, 9.17) is 14.2 Å². The summed E-state index contributed by atoms with van der Waals surface area (Å²) in [6, 6.07) is 12.3. The smallest absolute Gasteiger partial charge is 0.349 e. The number of non-ortho nitro benzene ring substituents is 1. The lowest BCUT2D eigenvalue weighted by Gasteiger charge is -2.09. The molecule has 7 heteroatoms. The lowest BCUT2D eigenvalue weighted by molar-refractivity contribution is -0.384. The van der Waals surface area contributed by atoms with Gasteiger partial charge in [-0.15, -0.1) is 0 Å². The predicted octanol–water partition coefficient (Wildman–Crippen LogP) is 3.76. The van der Waals surface area contributed by atoms with Crippen molar-refractivity contribution in [1.29, 1.82) is 0 Å². The zero-order chi connectivity index (χ0) is 18.1. The minimum absolute atomic E-state index is 0.0732. The van der Waals surface area contributed by atoms with Crippen LogP contribution >= 0.6 is 0 Å². The zero-order valence-corrected chi connectivity index (χ0v) is 13.8. The predicted molar refractivity (Wildman–Crippen MR) is 91.1 cm³/mol. The minimum Gasteiger partial charge on any atom is -0.493 e. The molecule has 0 aliphatic carbocycles. The van der Waals surface area contributed by atoms with Gasteiger partial charge in [0.15, 0.2) is 6.61 Å². The quantitative estimate of drug-likeness (QED) is 0.226. The van der Waals surface area contributed by atoms with Crippen molar-refractivity contribution < 1.29 is 23.9 Å². The third-order valence-corrected chi connectivity index (χ3v) is 3.21. The maximum Gasteiger partial charge on any atom is 0.349 e. The van der Waals surface area contributed by atoms with E-state index in [0.29, 0.717) is 18.1 Å². The Morgan fingerprint density at radius 2 is 1.72 bits per heavy atom. The minimum atomic E-state index is -0.605. The lowest BCUT2D eigenvalue weighted by Crippen LogP contribution is -2.17. The van der Waals surface area contributed by atoms with E-state index in [-0.39, 0.29) is 18.0 Å². The highest BCUT2D eigenvalue weighted by Crippen LogP contribution is 2.20. The molecule has 0 fully saturated rings. The SMILES string of the molecule is CCCCOc1cccc(OCC(=O)Oc2ccc([N+](=O)[O-])cc2)c1. The molecule has 0 unspecified atom stereocenters. The van der Waals surface area contributed by atoms with Crippen LogP contribution in [0.15, 0.2) is 48.5 Å². The molecule has 0 heterocycles. The molecule has 0 saturated heterocycles. The molecule has 7 nitrogen and oxygen atoms in total. The maximum absolute atomic E-state index is 11.8. The zero-order valence-electron chi connectivity index (χ0n) is 13.8. The molecule has 132 valence electrons. The largest absolute Gasteiger partial charge is 0.493 e. The molecule has 25 heavy (non-hydrogen) atoms. The summed E-state index contributed by atoms with van der Waals surface area (Å²) in [4.78, 5) is 21.8. The summed E-state index contributed by atoms with van der Waals surface area (Å²) >= 11 is 0. The second-order valence-electron chi connectivity index (χ2n) is 5.19. The van der Waals surface area contributed by atoms with Crippen molar-refractivity contribution in [2.75, 3.05) is 13.2 Å². The molecule has 0 spiro atoms. The Labute approximate surface area is 145 Å². The van der Waals surface area contributed by atoms with Crippen LogP contribution in [0.5, 0.6) is 17.2 Å². The number of unbranched alkanes of at least 4 members (excludes halogenated alkanes) is 1. The first-order valence-electron chi connectivity index (χ1n) is 7.89. The normalized spacial score (nSPS) is 10.1. The van der Waals surface area contributed by atoms with Crippen LogP contribution in [-0.2, 0) is 4.79 Å². The highest BCUT2D eigenvalue weighted by molar-refractivity contribution is 5.74. The number of nitrogens with zero attached hydrogens (tertiary/aromatic N) is 1. The standard InChI is InChI=1S/C18H19NO6/c1-2-3-11-23-16-5-4-6-17(12-16)24-13-18(20)25-15-9-7-14(8-10-15)19(21)22/h4-10,12H,2-3,11,13H2,1H3. The number of ether oxygens (including phenoxy) is 3. The molecule has 0 saturated carbocycles. The summed E-state index contributed by atoms with van der Waals surface area (Å²) in [5.41, 5.74) is -0.0732. The Bertz CT molecular complexity index is 714. The average molecular weight is 345 g/mol. The summed E-state index contributed by atoms with van der Waals surface area (Å²) in [6.45, 7) is 2.43. The maximum atomic E-state index is 11.8. The van der Waals surface area contributed by atoms with Crippen molar-refractivity contribution in [3.8, 4) is 17.2 Å². The van der Waals surface area contributed by atoms with Crippen molar-refractivity contribution in [3.05, 3.63) is 58.6 Å². The molecule has 0 aliphatic heterocycles. The van der Waals surface area contributed by atoms with Crippen LogP contribution in [0, 0.1) is 10.1 Å². The van der Waals surface area contributed by atoms with Gasteiger partial charge < -0.3 is 14.2 Å². The van der Waals surface area contributed by atoms with E-state index in [0.717, 1.165) is 12.8 Å². The Kier molecular flexibility index (Phi) is 6.76. The summed E-state index contributed by atoms with van der Waals surface area (Å²) in [6.07, 6.45) is 2.01. The molecule has 2 aromatic carbocycles. The molecule has 0 aromatic heterocycles. The van der Waals surface area contributed by atoms with Gasteiger partial charge in [0.2, 0.25) is 0 Å². The van der Waals surface area contributed by atoms with Crippen LogP contribution < -0.4 is 14.2 Å². The fraction of sp³-hybridized carbons (Fsp3) is 0.278. The first-order valence-corrected chi connectivity index (χ1v) is 7.89. The summed E-state index contributed by atoms with van der Waals surface area (Å²) in [7, 11) is 0. The first kappa shape index (κ1) is 18.3. The van der Waals surface area contributed by atoms with Gasteiger partial charge in [-0.25, -0.2) is 4.79 Å². The second kappa shape index (κ2) is 9.27. The van der Waals surface area contributed by atoms with E-state index < -0.39 is 10.9 Å². The van der Waals surface area contributed by atoms with E-state index in [1.165, 1.54) is 24.3 Å². The fourth-order valence-corrected chi connectivity index (χ4v) is 1.93. The highest BCUT2D eigenvalue weighted by atomic mass is 16.6. The molecule has 2 rings (SSSR count). The van der Waals surface area contributed by atoms with E-state index >= 15 is 0 Å². The average Bonchev–Trinajstić information content (AvgIpc) is 2.61. The van der Waals surface area contributed by atoms with Crippen molar-refractivity contribution in [1.82, 2.24) is 0 Å². The number of rotatable bonds is 9. The van der Waals surface area contributed by atoms with Gasteiger partial charge >= 0.3 is 5.97 Å². The van der Waals surface area contributed by atoms with Crippen LogP contribution in [0.1, 0.15) is 19.8 Å². The van der Waals surface area contributed by atoms with E-state index in [9.17, 15) is 14.9 Å². The third kappa shape index (κ3) is 6.14. The molecule has 0 radical (unpaired) electrons. The number of carbonyl (C=O) groups is 1. The van der Waals surface area contributed by atoms with Crippen molar-refractivity contribution in [2.45, 2.75) is 19.8 Å². The highest BCUT2D eigenvalue weighted by Gasteiger charge is 2.09. The van der Waals surface area contributed by atoms with Gasteiger partial charge in [-0.3, -0.25) is 10.1 Å². The van der Waals surface area contributed by atoms with Crippen LogP contribution in [0.3, 0.4) is 0 Å². The molecule has 0 atom stereocenters. The number of nitro groups is 1.